The van der Waals surface area contributed by atoms with Gasteiger partial charge in [0.2, 0.25) is 0 Å². The third-order valence-corrected chi connectivity index (χ3v) is 5.72. The zero-order chi connectivity index (χ0) is 14.7. The maximum atomic E-state index is 3.82. The second-order valence-electron chi connectivity index (χ2n) is 6.79. The quantitative estimate of drug-likeness (QED) is 0.867. The summed E-state index contributed by atoms with van der Waals surface area (Å²) in [5, 5.41) is 3.82. The Morgan fingerprint density at radius 2 is 2.05 bits per heavy atom. The van der Waals surface area contributed by atoms with Crippen molar-refractivity contribution in [3.05, 3.63) is 35.9 Å². The number of rotatable bonds is 6. The van der Waals surface area contributed by atoms with Gasteiger partial charge in [0.25, 0.3) is 0 Å². The monoisotopic (exact) mass is 304 g/mol. The summed E-state index contributed by atoms with van der Waals surface area (Å²) < 4.78 is 0. The molecule has 0 bridgehead atoms. The molecule has 2 aliphatic rings. The molecule has 1 aromatic carbocycles. The maximum Gasteiger partial charge on any atom is 0.0473 e. The van der Waals surface area contributed by atoms with Crippen molar-refractivity contribution in [3.8, 4) is 0 Å². The summed E-state index contributed by atoms with van der Waals surface area (Å²) in [6.45, 7) is 5.96. The van der Waals surface area contributed by atoms with Crippen molar-refractivity contribution in [3.63, 3.8) is 0 Å². The summed E-state index contributed by atoms with van der Waals surface area (Å²) >= 11 is 1.97. The Labute approximate surface area is 133 Å². The van der Waals surface area contributed by atoms with Crippen LogP contribution in [0.25, 0.3) is 0 Å². The lowest BCUT2D eigenvalue weighted by Gasteiger charge is -2.42. The molecule has 3 heteroatoms. The summed E-state index contributed by atoms with van der Waals surface area (Å²) in [6, 6.07) is 12.3. The first kappa shape index (κ1) is 15.4. The van der Waals surface area contributed by atoms with Crippen LogP contribution in [0.2, 0.25) is 0 Å². The van der Waals surface area contributed by atoms with Gasteiger partial charge < -0.3 is 5.32 Å². The van der Waals surface area contributed by atoms with E-state index < -0.39 is 0 Å². The van der Waals surface area contributed by atoms with E-state index in [2.05, 4.69) is 53.7 Å². The smallest absolute Gasteiger partial charge is 0.0473 e. The molecule has 0 aromatic heterocycles. The van der Waals surface area contributed by atoms with Crippen molar-refractivity contribution in [1.82, 2.24) is 10.2 Å². The van der Waals surface area contributed by atoms with Crippen LogP contribution in [0.15, 0.2) is 30.3 Å². The Morgan fingerprint density at radius 3 is 2.71 bits per heavy atom. The summed E-state index contributed by atoms with van der Waals surface area (Å²) in [6.07, 6.45) is 5.08. The highest BCUT2D eigenvalue weighted by atomic mass is 32.2. The molecule has 1 N–H and O–H groups in total. The molecule has 0 amide bonds. The molecule has 21 heavy (non-hydrogen) atoms. The van der Waals surface area contributed by atoms with E-state index in [1.165, 1.54) is 37.2 Å². The maximum absolute atomic E-state index is 3.82. The van der Waals surface area contributed by atoms with Crippen molar-refractivity contribution in [1.29, 1.82) is 0 Å². The highest BCUT2D eigenvalue weighted by Crippen LogP contribution is 2.36. The highest BCUT2D eigenvalue weighted by Gasteiger charge is 2.37. The number of hydrogen-bond donors (Lipinski definition) is 1. The third kappa shape index (κ3) is 4.02. The molecule has 1 aliphatic heterocycles. The number of nitrogens with one attached hydrogen (secondary N) is 1. The molecule has 3 rings (SSSR count). The van der Waals surface area contributed by atoms with E-state index in [1.54, 1.807) is 0 Å². The fraction of sp³-hybridized carbons (Fsp3) is 0.667. The summed E-state index contributed by atoms with van der Waals surface area (Å²) in [4.78, 5) is 2.75. The lowest BCUT2D eigenvalue weighted by atomic mass is 9.98. The van der Waals surface area contributed by atoms with E-state index in [0.717, 1.165) is 24.4 Å². The van der Waals surface area contributed by atoms with Gasteiger partial charge in [-0.1, -0.05) is 37.3 Å². The van der Waals surface area contributed by atoms with Crippen molar-refractivity contribution < 1.29 is 0 Å². The zero-order valence-electron chi connectivity index (χ0n) is 13.3. The number of piperazine rings is 1. The van der Waals surface area contributed by atoms with E-state index in [4.69, 9.17) is 0 Å². The van der Waals surface area contributed by atoms with Crippen LogP contribution < -0.4 is 5.32 Å². The largest absolute Gasteiger partial charge is 0.311 e. The standard InChI is InChI=1S/C18H28N2S/c1-14(13-21-2)11-20-12-17(15-8-9-15)19-10-18(20)16-6-4-3-5-7-16/h3-7,14-15,17-19H,8-13H2,1-2H3. The second-order valence-corrected chi connectivity index (χ2v) is 7.70. The van der Waals surface area contributed by atoms with E-state index in [9.17, 15) is 0 Å². The van der Waals surface area contributed by atoms with Gasteiger partial charge in [-0.25, -0.2) is 0 Å². The first-order chi connectivity index (χ1) is 10.3. The average molecular weight is 305 g/mol. The Balaban J connectivity index is 1.70. The van der Waals surface area contributed by atoms with Crippen LogP contribution >= 0.6 is 11.8 Å². The number of nitrogens with zero attached hydrogens (tertiary/aromatic N) is 1. The third-order valence-electron chi connectivity index (χ3n) is 4.82. The molecule has 1 saturated carbocycles. The van der Waals surface area contributed by atoms with Crippen LogP contribution in [0.4, 0.5) is 0 Å². The minimum Gasteiger partial charge on any atom is -0.311 e. The van der Waals surface area contributed by atoms with E-state index in [1.807, 2.05) is 11.8 Å². The number of thioether (sulfide) groups is 1. The normalized spacial score (nSPS) is 28.5. The lowest BCUT2D eigenvalue weighted by molar-refractivity contribution is 0.109. The van der Waals surface area contributed by atoms with Gasteiger partial charge in [-0.05, 0) is 42.2 Å². The molecule has 1 saturated heterocycles. The van der Waals surface area contributed by atoms with Gasteiger partial charge in [0.15, 0.2) is 0 Å². The predicted molar refractivity (Wildman–Crippen MR) is 92.8 cm³/mol. The fourth-order valence-electron chi connectivity index (χ4n) is 3.59. The SMILES string of the molecule is CSCC(C)CN1CC(C2CC2)NCC1c1ccccc1. The molecule has 1 aliphatic carbocycles. The van der Waals surface area contributed by atoms with Crippen molar-refractivity contribution >= 4 is 11.8 Å². The Bertz CT molecular complexity index is 432. The van der Waals surface area contributed by atoms with E-state index in [0.29, 0.717) is 6.04 Å². The number of hydrogen-bond acceptors (Lipinski definition) is 3. The molecular weight excluding hydrogens is 276 g/mol. The molecule has 0 radical (unpaired) electrons. The summed E-state index contributed by atoms with van der Waals surface area (Å²) in [5.74, 6) is 2.98. The van der Waals surface area contributed by atoms with Crippen LogP contribution in [-0.4, -0.2) is 42.6 Å². The van der Waals surface area contributed by atoms with Gasteiger partial charge in [-0.2, -0.15) is 11.8 Å². The van der Waals surface area contributed by atoms with Gasteiger partial charge in [0.1, 0.15) is 0 Å². The van der Waals surface area contributed by atoms with Crippen molar-refractivity contribution in [2.24, 2.45) is 11.8 Å². The Hall–Kier alpha value is -0.510. The lowest BCUT2D eigenvalue weighted by Crippen LogP contribution is -2.54. The first-order valence-electron chi connectivity index (χ1n) is 8.29. The molecule has 1 aromatic rings. The Kier molecular flexibility index (Phi) is 5.25. The van der Waals surface area contributed by atoms with Crippen molar-refractivity contribution in [2.75, 3.05) is 31.6 Å². The van der Waals surface area contributed by atoms with Crippen LogP contribution in [0, 0.1) is 11.8 Å². The van der Waals surface area contributed by atoms with Crippen LogP contribution in [0.3, 0.4) is 0 Å². The predicted octanol–water partition coefficient (Wildman–Crippen LogP) is 3.41. The molecule has 3 atom stereocenters. The van der Waals surface area contributed by atoms with Crippen LogP contribution in [0.5, 0.6) is 0 Å². The molecule has 2 nitrogen and oxygen atoms in total. The van der Waals surface area contributed by atoms with Crippen LogP contribution in [0.1, 0.15) is 31.4 Å². The fourth-order valence-corrected chi connectivity index (χ4v) is 4.27. The van der Waals surface area contributed by atoms with Crippen molar-refractivity contribution in [2.45, 2.75) is 31.8 Å². The first-order valence-corrected chi connectivity index (χ1v) is 9.68. The van der Waals surface area contributed by atoms with Gasteiger partial charge in [-0.15, -0.1) is 0 Å². The summed E-state index contributed by atoms with van der Waals surface area (Å²) in [7, 11) is 0. The minimum atomic E-state index is 0.547. The molecular formula is C18H28N2S. The Morgan fingerprint density at radius 1 is 1.29 bits per heavy atom. The average Bonchev–Trinajstić information content (AvgIpc) is 3.33. The van der Waals surface area contributed by atoms with Gasteiger partial charge in [0, 0.05) is 31.7 Å². The second kappa shape index (κ2) is 7.17. The van der Waals surface area contributed by atoms with E-state index in [-0.39, 0.29) is 0 Å². The molecule has 116 valence electrons. The van der Waals surface area contributed by atoms with Crippen LogP contribution in [-0.2, 0) is 0 Å². The molecule has 3 unspecified atom stereocenters. The molecule has 1 heterocycles. The molecule has 2 fully saturated rings. The zero-order valence-corrected chi connectivity index (χ0v) is 14.1. The molecule has 0 spiro atoms. The topological polar surface area (TPSA) is 15.3 Å². The van der Waals surface area contributed by atoms with Gasteiger partial charge >= 0.3 is 0 Å². The number of benzene rings is 1. The highest BCUT2D eigenvalue weighted by molar-refractivity contribution is 7.98. The van der Waals surface area contributed by atoms with E-state index >= 15 is 0 Å². The minimum absolute atomic E-state index is 0.547. The van der Waals surface area contributed by atoms with Gasteiger partial charge in [0.05, 0.1) is 0 Å². The van der Waals surface area contributed by atoms with Gasteiger partial charge in [-0.3, -0.25) is 4.90 Å². The summed E-state index contributed by atoms with van der Waals surface area (Å²) in [5.41, 5.74) is 1.47.